The maximum Gasteiger partial charge on any atom is 0.0945 e. The van der Waals surface area contributed by atoms with E-state index in [9.17, 15) is 5.11 Å². The van der Waals surface area contributed by atoms with E-state index in [2.05, 4.69) is 5.92 Å². The number of rotatable bonds is 3. The molecule has 12 heavy (non-hydrogen) atoms. The van der Waals surface area contributed by atoms with E-state index in [1.807, 2.05) is 0 Å². The minimum atomic E-state index is -0.491. The van der Waals surface area contributed by atoms with Gasteiger partial charge in [0.05, 0.1) is 11.7 Å². The fourth-order valence-corrected chi connectivity index (χ4v) is 1.94. The van der Waals surface area contributed by atoms with E-state index in [0.717, 1.165) is 25.7 Å². The molecule has 1 aliphatic carbocycles. The standard InChI is InChI=1S/C10H16O2/c1-3-6-9(11)10(12-2)7-4-5-8-10/h1,9,11H,4-8H2,2H3. The zero-order chi connectivity index (χ0) is 9.03. The van der Waals surface area contributed by atoms with Crippen LogP contribution in [0.3, 0.4) is 0 Å². The predicted molar refractivity (Wildman–Crippen MR) is 47.7 cm³/mol. The third-order valence-electron chi connectivity index (χ3n) is 2.77. The number of hydrogen-bond acceptors (Lipinski definition) is 2. The first-order valence-electron chi connectivity index (χ1n) is 4.42. The quantitative estimate of drug-likeness (QED) is 0.644. The van der Waals surface area contributed by atoms with Crippen molar-refractivity contribution in [2.45, 2.75) is 43.8 Å². The number of ether oxygens (including phenoxy) is 1. The second-order valence-corrected chi connectivity index (χ2v) is 3.40. The number of hydrogen-bond donors (Lipinski definition) is 1. The molecule has 0 bridgehead atoms. The van der Waals surface area contributed by atoms with E-state index in [4.69, 9.17) is 11.2 Å². The summed E-state index contributed by atoms with van der Waals surface area (Å²) in [6.45, 7) is 0. The summed E-state index contributed by atoms with van der Waals surface area (Å²) < 4.78 is 5.37. The summed E-state index contributed by atoms with van der Waals surface area (Å²) in [7, 11) is 1.66. The molecule has 0 aromatic heterocycles. The highest BCUT2D eigenvalue weighted by atomic mass is 16.5. The monoisotopic (exact) mass is 168 g/mol. The Bertz CT molecular complexity index is 175. The fraction of sp³-hybridized carbons (Fsp3) is 0.800. The van der Waals surface area contributed by atoms with Crippen molar-refractivity contribution in [1.29, 1.82) is 0 Å². The van der Waals surface area contributed by atoms with Crippen molar-refractivity contribution in [1.82, 2.24) is 0 Å². The Hall–Kier alpha value is -0.520. The van der Waals surface area contributed by atoms with Gasteiger partial charge in [-0.2, -0.15) is 0 Å². The third kappa shape index (κ3) is 1.63. The van der Waals surface area contributed by atoms with Gasteiger partial charge in [0, 0.05) is 13.5 Å². The van der Waals surface area contributed by atoms with Crippen molar-refractivity contribution in [3.8, 4) is 12.3 Å². The van der Waals surface area contributed by atoms with Crippen LogP contribution in [0.15, 0.2) is 0 Å². The third-order valence-corrected chi connectivity index (χ3v) is 2.77. The second-order valence-electron chi connectivity index (χ2n) is 3.40. The normalized spacial score (nSPS) is 23.4. The Kier molecular flexibility index (Phi) is 3.13. The zero-order valence-electron chi connectivity index (χ0n) is 7.55. The van der Waals surface area contributed by atoms with Crippen LogP contribution >= 0.6 is 0 Å². The second kappa shape index (κ2) is 3.93. The highest BCUT2D eigenvalue weighted by Gasteiger charge is 2.40. The molecule has 0 aromatic carbocycles. The molecule has 0 aliphatic heterocycles. The average Bonchev–Trinajstić information content (AvgIpc) is 2.54. The predicted octanol–water partition coefficient (Wildman–Crippen LogP) is 1.33. The summed E-state index contributed by atoms with van der Waals surface area (Å²) >= 11 is 0. The van der Waals surface area contributed by atoms with Crippen LogP contribution in [0.2, 0.25) is 0 Å². The molecule has 0 saturated heterocycles. The molecule has 1 rings (SSSR count). The highest BCUT2D eigenvalue weighted by Crippen LogP contribution is 2.36. The molecule has 0 spiro atoms. The molecule has 2 heteroatoms. The van der Waals surface area contributed by atoms with Crippen LogP contribution in [-0.4, -0.2) is 23.9 Å². The van der Waals surface area contributed by atoms with Crippen LogP contribution in [0.25, 0.3) is 0 Å². The first-order chi connectivity index (χ1) is 5.75. The maximum atomic E-state index is 9.73. The molecular weight excluding hydrogens is 152 g/mol. The van der Waals surface area contributed by atoms with Crippen LogP contribution in [0, 0.1) is 12.3 Å². The lowest BCUT2D eigenvalue weighted by atomic mass is 9.92. The van der Waals surface area contributed by atoms with Gasteiger partial charge < -0.3 is 9.84 Å². The van der Waals surface area contributed by atoms with Crippen LogP contribution in [-0.2, 0) is 4.74 Å². The van der Waals surface area contributed by atoms with E-state index < -0.39 is 6.10 Å². The SMILES string of the molecule is C#CCC(O)C1(OC)CCCC1. The summed E-state index contributed by atoms with van der Waals surface area (Å²) in [6, 6.07) is 0. The van der Waals surface area contributed by atoms with Crippen molar-refractivity contribution in [2.24, 2.45) is 0 Å². The van der Waals surface area contributed by atoms with Crippen LogP contribution < -0.4 is 0 Å². The van der Waals surface area contributed by atoms with Crippen molar-refractivity contribution in [3.05, 3.63) is 0 Å². The van der Waals surface area contributed by atoms with Crippen LogP contribution in [0.1, 0.15) is 32.1 Å². The van der Waals surface area contributed by atoms with Crippen LogP contribution in [0.5, 0.6) is 0 Å². The van der Waals surface area contributed by atoms with Gasteiger partial charge in [-0.25, -0.2) is 0 Å². The van der Waals surface area contributed by atoms with Crippen molar-refractivity contribution < 1.29 is 9.84 Å². The van der Waals surface area contributed by atoms with Gasteiger partial charge in [-0.1, -0.05) is 12.8 Å². The topological polar surface area (TPSA) is 29.5 Å². The summed E-state index contributed by atoms with van der Waals surface area (Å²) in [5, 5.41) is 9.73. The van der Waals surface area contributed by atoms with E-state index in [0.29, 0.717) is 6.42 Å². The summed E-state index contributed by atoms with van der Waals surface area (Å²) in [5.41, 5.74) is -0.341. The largest absolute Gasteiger partial charge is 0.389 e. The minimum absolute atomic E-state index is 0.341. The molecule has 1 unspecified atom stereocenters. The number of aliphatic hydroxyl groups is 1. The summed E-state index contributed by atoms with van der Waals surface area (Å²) in [5.74, 6) is 2.47. The summed E-state index contributed by atoms with van der Waals surface area (Å²) in [6.07, 6.45) is 9.19. The molecule has 1 saturated carbocycles. The van der Waals surface area contributed by atoms with Crippen molar-refractivity contribution >= 4 is 0 Å². The van der Waals surface area contributed by atoms with Gasteiger partial charge in [-0.05, 0) is 12.8 Å². The first-order valence-corrected chi connectivity index (χ1v) is 4.42. The molecule has 1 aliphatic rings. The number of methoxy groups -OCH3 is 1. The lowest BCUT2D eigenvalue weighted by molar-refractivity contribution is -0.0953. The first kappa shape index (κ1) is 9.57. The number of aliphatic hydroxyl groups excluding tert-OH is 1. The van der Waals surface area contributed by atoms with Gasteiger partial charge in [0.1, 0.15) is 0 Å². The van der Waals surface area contributed by atoms with Gasteiger partial charge in [0.2, 0.25) is 0 Å². The van der Waals surface area contributed by atoms with Crippen molar-refractivity contribution in [2.75, 3.05) is 7.11 Å². The van der Waals surface area contributed by atoms with E-state index in [-0.39, 0.29) is 5.60 Å². The Balaban J connectivity index is 2.60. The lowest BCUT2D eigenvalue weighted by Gasteiger charge is -2.31. The Morgan fingerprint density at radius 3 is 2.58 bits per heavy atom. The molecule has 1 atom stereocenters. The lowest BCUT2D eigenvalue weighted by Crippen LogP contribution is -2.41. The Labute approximate surface area is 73.9 Å². The molecule has 0 radical (unpaired) electrons. The smallest absolute Gasteiger partial charge is 0.0945 e. The van der Waals surface area contributed by atoms with Gasteiger partial charge in [0.15, 0.2) is 0 Å². The fourth-order valence-electron chi connectivity index (χ4n) is 1.94. The molecule has 0 amide bonds. The number of terminal acetylenes is 1. The maximum absolute atomic E-state index is 9.73. The molecule has 0 aromatic rings. The van der Waals surface area contributed by atoms with E-state index in [1.54, 1.807) is 7.11 Å². The van der Waals surface area contributed by atoms with E-state index >= 15 is 0 Å². The molecule has 68 valence electrons. The zero-order valence-corrected chi connectivity index (χ0v) is 7.55. The van der Waals surface area contributed by atoms with E-state index in [1.165, 1.54) is 0 Å². The molecule has 0 heterocycles. The van der Waals surface area contributed by atoms with Gasteiger partial charge in [0.25, 0.3) is 0 Å². The average molecular weight is 168 g/mol. The molecular formula is C10H16O2. The van der Waals surface area contributed by atoms with Gasteiger partial charge >= 0.3 is 0 Å². The Morgan fingerprint density at radius 1 is 1.58 bits per heavy atom. The summed E-state index contributed by atoms with van der Waals surface area (Å²) in [4.78, 5) is 0. The van der Waals surface area contributed by atoms with Gasteiger partial charge in [-0.3, -0.25) is 0 Å². The highest BCUT2D eigenvalue weighted by molar-refractivity contribution is 4.99. The van der Waals surface area contributed by atoms with Gasteiger partial charge in [-0.15, -0.1) is 12.3 Å². The molecule has 2 nitrogen and oxygen atoms in total. The Morgan fingerprint density at radius 2 is 2.17 bits per heavy atom. The van der Waals surface area contributed by atoms with Crippen LogP contribution in [0.4, 0.5) is 0 Å². The molecule has 1 fully saturated rings. The molecule has 1 N–H and O–H groups in total. The van der Waals surface area contributed by atoms with Crippen molar-refractivity contribution in [3.63, 3.8) is 0 Å². The minimum Gasteiger partial charge on any atom is -0.389 e.